The Morgan fingerprint density at radius 2 is 2.05 bits per heavy atom. The molecular weight excluding hydrogens is 263 g/mol. The van der Waals surface area contributed by atoms with E-state index in [0.29, 0.717) is 5.56 Å². The van der Waals surface area contributed by atoms with Crippen LogP contribution in [-0.4, -0.2) is 40.3 Å². The van der Waals surface area contributed by atoms with E-state index in [0.717, 1.165) is 4.90 Å². The Kier molecular flexibility index (Phi) is 4.77. The number of hydrogen-bond donors (Lipinski definition) is 2. The van der Waals surface area contributed by atoms with E-state index >= 15 is 0 Å². The third kappa shape index (κ3) is 5.17. The van der Waals surface area contributed by atoms with Gasteiger partial charge in [0.1, 0.15) is 5.75 Å². The van der Waals surface area contributed by atoms with Gasteiger partial charge in [-0.1, -0.05) is 12.1 Å². The molecule has 19 heavy (non-hydrogen) atoms. The van der Waals surface area contributed by atoms with Gasteiger partial charge in [-0.25, -0.2) is 0 Å². The van der Waals surface area contributed by atoms with Crippen molar-refractivity contribution in [2.24, 2.45) is 0 Å². The van der Waals surface area contributed by atoms with E-state index in [4.69, 9.17) is 5.11 Å². The van der Waals surface area contributed by atoms with Crippen LogP contribution in [0.5, 0.6) is 5.75 Å². The third-order valence-electron chi connectivity index (χ3n) is 2.62. The number of rotatable bonds is 5. The SMILES string of the molecule is CC(c1cccc(O)c1)N(CC(=O)O)CC(F)(F)F. The first kappa shape index (κ1) is 15.3. The number of carboxylic acid groups (broad SMARTS) is 1. The summed E-state index contributed by atoms with van der Waals surface area (Å²) in [5.41, 5.74) is 0.422. The van der Waals surface area contributed by atoms with Crippen LogP contribution < -0.4 is 0 Å². The van der Waals surface area contributed by atoms with Crippen molar-refractivity contribution < 1.29 is 28.2 Å². The Morgan fingerprint density at radius 1 is 1.42 bits per heavy atom. The van der Waals surface area contributed by atoms with Gasteiger partial charge >= 0.3 is 12.1 Å². The van der Waals surface area contributed by atoms with E-state index in [1.54, 1.807) is 0 Å². The van der Waals surface area contributed by atoms with Gasteiger partial charge in [-0.05, 0) is 24.6 Å². The topological polar surface area (TPSA) is 60.8 Å². The number of benzene rings is 1. The maximum Gasteiger partial charge on any atom is 0.401 e. The van der Waals surface area contributed by atoms with Gasteiger partial charge < -0.3 is 10.2 Å². The third-order valence-corrected chi connectivity index (χ3v) is 2.62. The molecule has 0 bridgehead atoms. The first-order valence-corrected chi connectivity index (χ1v) is 5.50. The first-order valence-electron chi connectivity index (χ1n) is 5.50. The van der Waals surface area contributed by atoms with Crippen molar-refractivity contribution in [1.29, 1.82) is 0 Å². The minimum Gasteiger partial charge on any atom is -0.508 e. The predicted molar refractivity (Wildman–Crippen MR) is 61.8 cm³/mol. The summed E-state index contributed by atoms with van der Waals surface area (Å²) < 4.78 is 37.3. The zero-order valence-electron chi connectivity index (χ0n) is 10.2. The largest absolute Gasteiger partial charge is 0.508 e. The van der Waals surface area contributed by atoms with Crippen LogP contribution in [0.25, 0.3) is 0 Å². The molecule has 0 aliphatic carbocycles. The zero-order valence-corrected chi connectivity index (χ0v) is 10.2. The highest BCUT2D eigenvalue weighted by molar-refractivity contribution is 5.69. The van der Waals surface area contributed by atoms with Crippen LogP contribution in [0.3, 0.4) is 0 Å². The number of nitrogens with zero attached hydrogens (tertiary/aromatic N) is 1. The molecule has 7 heteroatoms. The minimum absolute atomic E-state index is 0.0772. The number of aromatic hydroxyl groups is 1. The van der Waals surface area contributed by atoms with Crippen LogP contribution in [0.1, 0.15) is 18.5 Å². The number of halogens is 3. The summed E-state index contributed by atoms with van der Waals surface area (Å²) in [6.45, 7) is -0.587. The Morgan fingerprint density at radius 3 is 2.53 bits per heavy atom. The number of alkyl halides is 3. The maximum atomic E-state index is 12.4. The van der Waals surface area contributed by atoms with Gasteiger partial charge in [-0.2, -0.15) is 13.2 Å². The molecule has 0 heterocycles. The monoisotopic (exact) mass is 277 g/mol. The van der Waals surface area contributed by atoms with Crippen LogP contribution in [0.15, 0.2) is 24.3 Å². The van der Waals surface area contributed by atoms with Crippen molar-refractivity contribution in [2.75, 3.05) is 13.1 Å². The molecule has 1 aromatic carbocycles. The highest BCUT2D eigenvalue weighted by Gasteiger charge is 2.34. The number of phenolic OH excluding ortho intramolecular Hbond substituents is 1. The Balaban J connectivity index is 2.93. The summed E-state index contributed by atoms with van der Waals surface area (Å²) in [7, 11) is 0. The molecule has 0 saturated carbocycles. The van der Waals surface area contributed by atoms with Crippen LogP contribution in [0, 0.1) is 0 Å². The van der Waals surface area contributed by atoms with Gasteiger partial charge in [-0.15, -0.1) is 0 Å². The van der Waals surface area contributed by atoms with E-state index in [1.165, 1.54) is 31.2 Å². The lowest BCUT2D eigenvalue weighted by atomic mass is 10.1. The molecule has 1 unspecified atom stereocenters. The highest BCUT2D eigenvalue weighted by Crippen LogP contribution is 2.26. The molecule has 0 aromatic heterocycles. The lowest BCUT2D eigenvalue weighted by molar-refractivity contribution is -0.157. The Bertz CT molecular complexity index is 448. The van der Waals surface area contributed by atoms with Crippen molar-refractivity contribution in [1.82, 2.24) is 4.90 Å². The summed E-state index contributed by atoms with van der Waals surface area (Å²) in [6.07, 6.45) is -4.49. The van der Waals surface area contributed by atoms with Gasteiger partial charge in [-0.3, -0.25) is 9.69 Å². The molecule has 0 spiro atoms. The molecule has 2 N–H and O–H groups in total. The van der Waals surface area contributed by atoms with Crippen LogP contribution in [0.2, 0.25) is 0 Å². The standard InChI is InChI=1S/C12H14F3NO3/c1-8(9-3-2-4-10(17)5-9)16(6-11(18)19)7-12(13,14)15/h2-5,8,17H,6-7H2,1H3,(H,18,19). The van der Waals surface area contributed by atoms with Crippen molar-refractivity contribution in [3.05, 3.63) is 29.8 Å². The fraction of sp³-hybridized carbons (Fsp3) is 0.417. The molecule has 1 rings (SSSR count). The van der Waals surface area contributed by atoms with E-state index < -0.39 is 31.3 Å². The molecule has 1 aromatic rings. The predicted octanol–water partition coefficient (Wildman–Crippen LogP) is 2.40. The summed E-state index contributed by atoms with van der Waals surface area (Å²) in [5.74, 6) is -1.41. The van der Waals surface area contributed by atoms with E-state index in [9.17, 15) is 23.1 Å². The second-order valence-corrected chi connectivity index (χ2v) is 4.18. The average Bonchev–Trinajstić information content (AvgIpc) is 2.24. The van der Waals surface area contributed by atoms with Crippen molar-refractivity contribution in [2.45, 2.75) is 19.1 Å². The summed E-state index contributed by atoms with van der Waals surface area (Å²) >= 11 is 0. The summed E-state index contributed by atoms with van der Waals surface area (Å²) in [4.78, 5) is 11.4. The smallest absolute Gasteiger partial charge is 0.401 e. The fourth-order valence-electron chi connectivity index (χ4n) is 1.73. The molecule has 0 aliphatic rings. The Hall–Kier alpha value is -1.76. The van der Waals surface area contributed by atoms with Crippen LogP contribution in [-0.2, 0) is 4.79 Å². The van der Waals surface area contributed by atoms with Gasteiger partial charge in [0.25, 0.3) is 0 Å². The lowest BCUT2D eigenvalue weighted by Gasteiger charge is -2.28. The van der Waals surface area contributed by atoms with Gasteiger partial charge in [0.2, 0.25) is 0 Å². The number of hydrogen-bond acceptors (Lipinski definition) is 3. The second-order valence-electron chi connectivity index (χ2n) is 4.18. The quantitative estimate of drug-likeness (QED) is 0.867. The molecule has 0 radical (unpaired) electrons. The maximum absolute atomic E-state index is 12.4. The Labute approximate surface area is 108 Å². The molecule has 0 aliphatic heterocycles. The summed E-state index contributed by atoms with van der Waals surface area (Å²) in [5, 5.41) is 18.0. The molecular formula is C12H14F3NO3. The molecule has 0 fully saturated rings. The average molecular weight is 277 g/mol. The fourth-order valence-corrected chi connectivity index (χ4v) is 1.73. The normalized spacial score (nSPS) is 13.5. The van der Waals surface area contributed by atoms with Crippen LogP contribution >= 0.6 is 0 Å². The van der Waals surface area contributed by atoms with E-state index in [1.807, 2.05) is 0 Å². The van der Waals surface area contributed by atoms with Gasteiger partial charge in [0.05, 0.1) is 13.1 Å². The number of aliphatic carboxylic acids is 1. The minimum atomic E-state index is -4.49. The van der Waals surface area contributed by atoms with Crippen molar-refractivity contribution >= 4 is 5.97 Å². The number of phenols is 1. The van der Waals surface area contributed by atoms with Gasteiger partial charge in [0.15, 0.2) is 0 Å². The molecule has 1 atom stereocenters. The van der Waals surface area contributed by atoms with E-state index in [-0.39, 0.29) is 5.75 Å². The molecule has 4 nitrogen and oxygen atoms in total. The highest BCUT2D eigenvalue weighted by atomic mass is 19.4. The second kappa shape index (κ2) is 5.92. The van der Waals surface area contributed by atoms with Crippen molar-refractivity contribution in [3.8, 4) is 5.75 Å². The summed E-state index contributed by atoms with van der Waals surface area (Å²) in [6, 6.07) is 4.96. The molecule has 0 saturated heterocycles. The molecule has 106 valence electrons. The lowest BCUT2D eigenvalue weighted by Crippen LogP contribution is -2.39. The van der Waals surface area contributed by atoms with Gasteiger partial charge in [0, 0.05) is 6.04 Å². The van der Waals surface area contributed by atoms with Crippen LogP contribution in [0.4, 0.5) is 13.2 Å². The first-order chi connectivity index (χ1) is 8.69. The number of carboxylic acids is 1. The van der Waals surface area contributed by atoms with E-state index in [2.05, 4.69) is 0 Å². The zero-order chi connectivity index (χ0) is 14.6. The number of carbonyl (C=O) groups is 1. The van der Waals surface area contributed by atoms with Crippen molar-refractivity contribution in [3.63, 3.8) is 0 Å². The molecule has 0 amide bonds.